The summed E-state index contributed by atoms with van der Waals surface area (Å²) in [4.78, 5) is 42.1. The third-order valence-electron chi connectivity index (χ3n) is 7.31. The second kappa shape index (κ2) is 13.0. The molecule has 1 heterocycles. The summed E-state index contributed by atoms with van der Waals surface area (Å²) in [5.74, 6) is -0.211. The van der Waals surface area contributed by atoms with E-state index >= 15 is 0 Å². The maximum absolute atomic E-state index is 13.7. The van der Waals surface area contributed by atoms with E-state index in [1.165, 1.54) is 0 Å². The van der Waals surface area contributed by atoms with Gasteiger partial charge in [0.05, 0.1) is 23.6 Å². The smallest absolute Gasteiger partial charge is 0.295 e. The largest absolute Gasteiger partial charge is 0.493 e. The van der Waals surface area contributed by atoms with Gasteiger partial charge in [-0.2, -0.15) is 0 Å². The molecule has 9 nitrogen and oxygen atoms in total. The number of benzene rings is 2. The average molecular weight is 584 g/mol. The molecule has 0 atom stereocenters. The first-order chi connectivity index (χ1) is 19.2. The summed E-state index contributed by atoms with van der Waals surface area (Å²) in [5.41, 5.74) is 0.834. The minimum Gasteiger partial charge on any atom is -0.493 e. The Kier molecular flexibility index (Phi) is 10.1. The molecule has 0 aliphatic carbocycles. The quantitative estimate of drug-likeness (QED) is 0.316. The van der Waals surface area contributed by atoms with E-state index in [9.17, 15) is 14.4 Å². The van der Waals surface area contributed by atoms with Crippen LogP contribution in [0, 0.1) is 5.41 Å². The van der Waals surface area contributed by atoms with Gasteiger partial charge in [-0.05, 0) is 70.6 Å². The summed E-state index contributed by atoms with van der Waals surface area (Å²) >= 11 is 6.11. The zero-order chi connectivity index (χ0) is 30.5. The van der Waals surface area contributed by atoms with Crippen LogP contribution in [0.15, 0.2) is 53.3 Å². The topological polar surface area (TPSA) is 97.6 Å². The van der Waals surface area contributed by atoms with Crippen LogP contribution in [0.5, 0.6) is 5.75 Å². The predicted molar refractivity (Wildman–Crippen MR) is 164 cm³/mol. The van der Waals surface area contributed by atoms with Crippen LogP contribution in [0.3, 0.4) is 0 Å². The first kappa shape index (κ1) is 32.0. The summed E-state index contributed by atoms with van der Waals surface area (Å²) < 4.78 is 8.95. The minimum atomic E-state index is -0.611. The zero-order valence-corrected chi connectivity index (χ0v) is 26.1. The van der Waals surface area contributed by atoms with Gasteiger partial charge < -0.3 is 20.3 Å². The molecule has 0 bridgehead atoms. The van der Waals surface area contributed by atoms with Gasteiger partial charge >= 0.3 is 0 Å². The van der Waals surface area contributed by atoms with E-state index in [-0.39, 0.29) is 41.6 Å². The van der Waals surface area contributed by atoms with E-state index in [1.807, 2.05) is 76.9 Å². The lowest BCUT2D eigenvalue weighted by Crippen LogP contribution is -2.41. The Labute approximate surface area is 247 Å². The van der Waals surface area contributed by atoms with Crippen LogP contribution in [-0.4, -0.2) is 58.9 Å². The number of aromatic nitrogens is 2. The van der Waals surface area contributed by atoms with E-state index in [2.05, 4.69) is 29.4 Å². The molecule has 0 saturated carbocycles. The van der Waals surface area contributed by atoms with Crippen molar-refractivity contribution in [1.82, 2.24) is 19.6 Å². The van der Waals surface area contributed by atoms with Crippen molar-refractivity contribution in [1.29, 1.82) is 0 Å². The molecule has 0 fully saturated rings. The second-order valence-electron chi connectivity index (χ2n) is 11.8. The molecule has 3 rings (SSSR count). The summed E-state index contributed by atoms with van der Waals surface area (Å²) in [5, 5.41) is 6.25. The molecule has 0 aliphatic rings. The number of nitrogens with one attached hydrogen (secondary N) is 2. The van der Waals surface area contributed by atoms with Crippen LogP contribution < -0.4 is 20.9 Å². The van der Waals surface area contributed by atoms with Crippen LogP contribution in [0.25, 0.3) is 5.69 Å². The van der Waals surface area contributed by atoms with Crippen LogP contribution >= 0.6 is 11.6 Å². The molecule has 2 aromatic carbocycles. The SMILES string of the molecule is CCOc1ccc(Cl)cc1C(=O)NCC(C)(C)CC(=O)Nc1c(CC(C)(C)N(C)C)n(C)n(-c2ccccc2)c1=O. The highest BCUT2D eigenvalue weighted by atomic mass is 35.5. The number of carbonyl (C=O) groups excluding carboxylic acids is 2. The highest BCUT2D eigenvalue weighted by molar-refractivity contribution is 6.31. The summed E-state index contributed by atoms with van der Waals surface area (Å²) in [6.45, 7) is 10.4. The van der Waals surface area contributed by atoms with Crippen LogP contribution in [-0.2, 0) is 18.3 Å². The maximum atomic E-state index is 13.7. The molecule has 2 N–H and O–H groups in total. The Balaban J connectivity index is 1.82. The van der Waals surface area contributed by atoms with E-state index < -0.39 is 5.41 Å². The second-order valence-corrected chi connectivity index (χ2v) is 12.3. The molecular formula is C31H42ClN5O4. The summed E-state index contributed by atoms with van der Waals surface area (Å²) in [6.07, 6.45) is 0.611. The van der Waals surface area contributed by atoms with Crippen molar-refractivity contribution in [2.45, 2.75) is 53.0 Å². The highest BCUT2D eigenvalue weighted by Gasteiger charge is 2.30. The van der Waals surface area contributed by atoms with E-state index in [0.29, 0.717) is 35.1 Å². The first-order valence-corrected chi connectivity index (χ1v) is 14.1. The molecule has 10 heteroatoms. The fourth-order valence-corrected chi connectivity index (χ4v) is 4.63. The van der Waals surface area contributed by atoms with Crippen LogP contribution in [0.4, 0.5) is 5.69 Å². The van der Waals surface area contributed by atoms with Crippen LogP contribution in [0.1, 0.15) is 57.1 Å². The lowest BCUT2D eigenvalue weighted by molar-refractivity contribution is -0.118. The van der Waals surface area contributed by atoms with Gasteiger partial charge in [-0.15, -0.1) is 0 Å². The number of halogens is 1. The van der Waals surface area contributed by atoms with Crippen molar-refractivity contribution in [2.24, 2.45) is 12.5 Å². The first-order valence-electron chi connectivity index (χ1n) is 13.7. The lowest BCUT2D eigenvalue weighted by Gasteiger charge is -2.33. The number of carbonyl (C=O) groups is 2. The predicted octanol–water partition coefficient (Wildman–Crippen LogP) is 4.90. The normalized spacial score (nSPS) is 12.0. The number of ether oxygens (including phenoxy) is 1. The highest BCUT2D eigenvalue weighted by Crippen LogP contribution is 2.27. The van der Waals surface area contributed by atoms with Crippen molar-refractivity contribution in [3.63, 3.8) is 0 Å². The fraction of sp³-hybridized carbons (Fsp3) is 0.452. The molecule has 41 heavy (non-hydrogen) atoms. The minimum absolute atomic E-state index is 0.0807. The van der Waals surface area contributed by atoms with Gasteiger partial charge in [-0.1, -0.05) is 43.6 Å². The standard InChI is InChI=1S/C31H42ClN5O4/c1-9-41-25-16-15-21(32)17-23(25)28(39)33-20-30(2,3)19-26(38)34-27-24(18-31(4,5)35(6)7)36(8)37(29(27)40)22-13-11-10-12-14-22/h10-17H,9,18-20H2,1-8H3,(H,33,39)(H,34,38). The fourth-order valence-electron chi connectivity index (χ4n) is 4.46. The van der Waals surface area contributed by atoms with Crippen molar-refractivity contribution in [3.05, 3.63) is 75.2 Å². The molecule has 0 unspecified atom stereocenters. The third kappa shape index (κ3) is 7.80. The number of para-hydroxylation sites is 1. The molecular weight excluding hydrogens is 542 g/mol. The van der Waals surface area contributed by atoms with Crippen molar-refractivity contribution >= 4 is 29.1 Å². The molecule has 1 aromatic heterocycles. The van der Waals surface area contributed by atoms with Crippen molar-refractivity contribution in [2.75, 3.05) is 32.6 Å². The monoisotopic (exact) mass is 583 g/mol. The number of anilines is 1. The Hall–Kier alpha value is -3.56. The van der Waals surface area contributed by atoms with Crippen LogP contribution in [0.2, 0.25) is 5.02 Å². The third-order valence-corrected chi connectivity index (χ3v) is 7.55. The van der Waals surface area contributed by atoms with E-state index in [1.54, 1.807) is 22.9 Å². The van der Waals surface area contributed by atoms with E-state index in [4.69, 9.17) is 16.3 Å². The Morgan fingerprint density at radius 2 is 1.71 bits per heavy atom. The number of likely N-dealkylation sites (N-methyl/N-ethyl adjacent to an activating group) is 1. The molecule has 222 valence electrons. The van der Waals surface area contributed by atoms with E-state index in [0.717, 1.165) is 5.69 Å². The number of hydrogen-bond acceptors (Lipinski definition) is 5. The molecule has 0 spiro atoms. The number of nitrogens with zero attached hydrogens (tertiary/aromatic N) is 3. The number of rotatable bonds is 12. The van der Waals surface area contributed by atoms with Gasteiger partial charge in [0.25, 0.3) is 11.5 Å². The van der Waals surface area contributed by atoms with Crippen molar-refractivity contribution in [3.8, 4) is 11.4 Å². The Morgan fingerprint density at radius 1 is 1.05 bits per heavy atom. The number of amides is 2. The zero-order valence-electron chi connectivity index (χ0n) is 25.3. The van der Waals surface area contributed by atoms with Gasteiger partial charge in [0.2, 0.25) is 5.91 Å². The average Bonchev–Trinajstić information content (AvgIpc) is 3.12. The maximum Gasteiger partial charge on any atom is 0.295 e. The Bertz CT molecular complexity index is 1440. The van der Waals surface area contributed by atoms with Gasteiger partial charge in [0.1, 0.15) is 11.4 Å². The summed E-state index contributed by atoms with van der Waals surface area (Å²) in [6, 6.07) is 14.2. The molecule has 0 radical (unpaired) electrons. The van der Waals surface area contributed by atoms with Gasteiger partial charge in [0.15, 0.2) is 0 Å². The molecule has 0 saturated heterocycles. The van der Waals surface area contributed by atoms with Gasteiger partial charge in [0, 0.05) is 37.0 Å². The number of hydrogen-bond donors (Lipinski definition) is 2. The van der Waals surface area contributed by atoms with Gasteiger partial charge in [-0.3, -0.25) is 19.1 Å². The Morgan fingerprint density at radius 3 is 2.32 bits per heavy atom. The van der Waals surface area contributed by atoms with Gasteiger partial charge in [-0.25, -0.2) is 4.68 Å². The summed E-state index contributed by atoms with van der Waals surface area (Å²) in [7, 11) is 5.81. The molecule has 0 aliphatic heterocycles. The molecule has 3 aromatic rings. The molecule has 2 amide bonds. The lowest BCUT2D eigenvalue weighted by atomic mass is 9.88. The van der Waals surface area contributed by atoms with Crippen molar-refractivity contribution < 1.29 is 14.3 Å².